The molecule has 1 heterocycles. The molecule has 0 spiro atoms. The maximum Gasteiger partial charge on any atom is 0.313 e. The van der Waals surface area contributed by atoms with Gasteiger partial charge in [-0.25, -0.2) is 0 Å². The van der Waals surface area contributed by atoms with E-state index in [9.17, 15) is 9.90 Å². The van der Waals surface area contributed by atoms with Crippen LogP contribution in [0.1, 0.15) is 19.8 Å². The number of carbonyl (C=O) groups is 1. The molecule has 1 aliphatic heterocycles. The Morgan fingerprint density at radius 3 is 3.07 bits per heavy atom. The first kappa shape index (κ1) is 10.6. The largest absolute Gasteiger partial charge is 0.481 e. The predicted molar refractivity (Wildman–Crippen MR) is 61.4 cm³/mol. The van der Waals surface area contributed by atoms with E-state index in [1.807, 2.05) is 26.1 Å². The van der Waals surface area contributed by atoms with E-state index in [2.05, 4.69) is 4.90 Å². The topological polar surface area (TPSA) is 40.5 Å². The summed E-state index contributed by atoms with van der Waals surface area (Å²) < 4.78 is 0. The van der Waals surface area contributed by atoms with Crippen LogP contribution in [0, 0.1) is 5.41 Å². The highest BCUT2D eigenvalue weighted by atomic mass is 32.2. The van der Waals surface area contributed by atoms with Crippen LogP contribution in [-0.2, 0) is 4.79 Å². The first-order valence-corrected chi connectivity index (χ1v) is 6.07. The van der Waals surface area contributed by atoms with Gasteiger partial charge in [0.25, 0.3) is 0 Å². The second-order valence-corrected chi connectivity index (χ2v) is 5.09. The van der Waals surface area contributed by atoms with E-state index in [4.69, 9.17) is 0 Å². The van der Waals surface area contributed by atoms with Gasteiger partial charge < -0.3 is 10.0 Å². The van der Waals surface area contributed by atoms with Gasteiger partial charge in [0.1, 0.15) is 0 Å². The fourth-order valence-corrected chi connectivity index (χ4v) is 3.06. The van der Waals surface area contributed by atoms with Crippen LogP contribution in [0.15, 0.2) is 22.8 Å². The summed E-state index contributed by atoms with van der Waals surface area (Å²) in [4.78, 5) is 14.7. The van der Waals surface area contributed by atoms with E-state index < -0.39 is 11.4 Å². The van der Waals surface area contributed by atoms with Gasteiger partial charge in [-0.1, -0.05) is 13.0 Å². The molecule has 1 unspecified atom stereocenters. The number of thioether (sulfide) groups is 1. The molecule has 4 heteroatoms. The molecule has 0 aromatic heterocycles. The van der Waals surface area contributed by atoms with Gasteiger partial charge in [-0.2, -0.15) is 0 Å². The van der Waals surface area contributed by atoms with Crippen molar-refractivity contribution in [3.63, 3.8) is 0 Å². The Bertz CT molecular complexity index is 362. The van der Waals surface area contributed by atoms with Crippen molar-refractivity contribution in [1.29, 1.82) is 0 Å². The molecule has 1 N–H and O–H groups in total. The van der Waals surface area contributed by atoms with E-state index in [1.165, 1.54) is 10.6 Å². The van der Waals surface area contributed by atoms with Crippen LogP contribution in [0.25, 0.3) is 0 Å². The van der Waals surface area contributed by atoms with Gasteiger partial charge in [-0.3, -0.25) is 4.79 Å². The summed E-state index contributed by atoms with van der Waals surface area (Å²) in [6, 6.07) is 0. The monoisotopic (exact) mass is 225 g/mol. The zero-order chi connectivity index (χ0) is 11.1. The minimum atomic E-state index is -0.710. The van der Waals surface area contributed by atoms with Crippen LogP contribution in [-0.4, -0.2) is 28.9 Å². The van der Waals surface area contributed by atoms with Gasteiger partial charge in [0.05, 0.1) is 11.3 Å². The maximum absolute atomic E-state index is 11.3. The quantitative estimate of drug-likeness (QED) is 0.782. The number of hydrogen-bond acceptors (Lipinski definition) is 3. The van der Waals surface area contributed by atoms with E-state index in [0.29, 0.717) is 12.8 Å². The molecule has 0 bridgehead atoms. The summed E-state index contributed by atoms with van der Waals surface area (Å²) in [5, 5.41) is 9.30. The van der Waals surface area contributed by atoms with Gasteiger partial charge in [0, 0.05) is 24.1 Å². The van der Waals surface area contributed by atoms with Crippen LogP contribution >= 0.6 is 11.8 Å². The van der Waals surface area contributed by atoms with Crippen molar-refractivity contribution in [2.45, 2.75) is 19.8 Å². The highest BCUT2D eigenvalue weighted by Gasteiger charge is 2.40. The maximum atomic E-state index is 11.3. The molecule has 2 aliphatic rings. The summed E-state index contributed by atoms with van der Waals surface area (Å²) >= 11 is 1.78. The molecule has 1 atom stereocenters. The number of hydrogen-bond donors (Lipinski definition) is 1. The third kappa shape index (κ3) is 1.57. The Labute approximate surface area is 93.8 Å². The standard InChI is InChI=1S/C11H15NO2S/c1-3-11(10(13)14)5-4-9-8(6-11)12(2)7-15-9/h4-5H,3,6-7H2,1-2H3,(H,13,14). The fraction of sp³-hybridized carbons (Fsp3) is 0.545. The molecule has 0 fully saturated rings. The predicted octanol–water partition coefficient (Wildman–Crippen LogP) is 2.28. The van der Waals surface area contributed by atoms with E-state index in [0.717, 1.165) is 5.88 Å². The number of carboxylic acids is 1. The van der Waals surface area contributed by atoms with Crippen molar-refractivity contribution >= 4 is 17.7 Å². The lowest BCUT2D eigenvalue weighted by Gasteiger charge is -2.30. The Morgan fingerprint density at radius 2 is 2.47 bits per heavy atom. The molecule has 0 saturated carbocycles. The van der Waals surface area contributed by atoms with Gasteiger partial charge in [0.15, 0.2) is 0 Å². The minimum Gasteiger partial charge on any atom is -0.481 e. The Hall–Kier alpha value is -0.900. The van der Waals surface area contributed by atoms with Crippen LogP contribution in [0.5, 0.6) is 0 Å². The highest BCUT2D eigenvalue weighted by Crippen LogP contribution is 2.45. The number of aliphatic carboxylic acids is 1. The average molecular weight is 225 g/mol. The molecule has 1 aliphatic carbocycles. The van der Waals surface area contributed by atoms with Crippen molar-refractivity contribution in [2.75, 3.05) is 12.9 Å². The molecule has 3 nitrogen and oxygen atoms in total. The number of allylic oxidation sites excluding steroid dienone is 2. The lowest BCUT2D eigenvalue weighted by molar-refractivity contribution is -0.146. The van der Waals surface area contributed by atoms with Gasteiger partial charge in [-0.15, -0.1) is 11.8 Å². The van der Waals surface area contributed by atoms with Crippen LogP contribution < -0.4 is 0 Å². The zero-order valence-electron chi connectivity index (χ0n) is 8.99. The second-order valence-electron chi connectivity index (χ2n) is 4.11. The first-order valence-electron chi connectivity index (χ1n) is 5.09. The fourth-order valence-electron chi connectivity index (χ4n) is 2.02. The van der Waals surface area contributed by atoms with Crippen LogP contribution in [0.3, 0.4) is 0 Å². The summed E-state index contributed by atoms with van der Waals surface area (Å²) in [7, 11) is 2.02. The first-order chi connectivity index (χ1) is 7.09. The third-order valence-corrected chi connectivity index (χ3v) is 4.45. The smallest absolute Gasteiger partial charge is 0.313 e. The summed E-state index contributed by atoms with van der Waals surface area (Å²) in [5.74, 6) is 0.229. The Kier molecular flexibility index (Phi) is 2.54. The number of rotatable bonds is 2. The number of nitrogens with zero attached hydrogens (tertiary/aromatic N) is 1. The lowest BCUT2D eigenvalue weighted by atomic mass is 9.78. The zero-order valence-corrected chi connectivity index (χ0v) is 9.80. The molecule has 0 radical (unpaired) electrons. The minimum absolute atomic E-state index is 0.633. The SMILES string of the molecule is CCC1(C(=O)O)C=CC2=C(C1)N(C)CS2. The third-order valence-electron chi connectivity index (χ3n) is 3.25. The average Bonchev–Trinajstić information content (AvgIpc) is 2.59. The van der Waals surface area contributed by atoms with Gasteiger partial charge in [-0.05, 0) is 12.5 Å². The van der Waals surface area contributed by atoms with Gasteiger partial charge >= 0.3 is 5.97 Å². The number of carboxylic acid groups (broad SMARTS) is 1. The Morgan fingerprint density at radius 1 is 1.73 bits per heavy atom. The normalized spacial score (nSPS) is 29.6. The van der Waals surface area contributed by atoms with Crippen LogP contribution in [0.2, 0.25) is 0 Å². The van der Waals surface area contributed by atoms with Crippen molar-refractivity contribution in [3.05, 3.63) is 22.8 Å². The molecule has 0 saturated heterocycles. The van der Waals surface area contributed by atoms with Crippen molar-refractivity contribution in [2.24, 2.45) is 5.41 Å². The summed E-state index contributed by atoms with van der Waals surface area (Å²) in [6.45, 7) is 1.94. The molecule has 2 rings (SSSR count). The van der Waals surface area contributed by atoms with Gasteiger partial charge in [0.2, 0.25) is 0 Å². The Balaban J connectivity index is 2.31. The lowest BCUT2D eigenvalue weighted by Crippen LogP contribution is -2.32. The van der Waals surface area contributed by atoms with Crippen molar-refractivity contribution in [1.82, 2.24) is 4.90 Å². The molecule has 0 amide bonds. The van der Waals surface area contributed by atoms with E-state index in [1.54, 1.807) is 11.8 Å². The van der Waals surface area contributed by atoms with E-state index in [-0.39, 0.29) is 0 Å². The second kappa shape index (κ2) is 3.59. The molecule has 0 aromatic carbocycles. The molecule has 0 aromatic rings. The van der Waals surface area contributed by atoms with Crippen molar-refractivity contribution < 1.29 is 9.90 Å². The molecular weight excluding hydrogens is 210 g/mol. The van der Waals surface area contributed by atoms with Crippen molar-refractivity contribution in [3.8, 4) is 0 Å². The summed E-state index contributed by atoms with van der Waals surface area (Å²) in [6.07, 6.45) is 5.12. The molecular formula is C11H15NO2S. The highest BCUT2D eigenvalue weighted by molar-refractivity contribution is 8.03. The molecule has 15 heavy (non-hydrogen) atoms. The van der Waals surface area contributed by atoms with E-state index >= 15 is 0 Å². The van der Waals surface area contributed by atoms with Crippen LogP contribution in [0.4, 0.5) is 0 Å². The summed E-state index contributed by atoms with van der Waals surface area (Å²) in [5.41, 5.74) is 0.504. The molecule has 82 valence electrons.